The molecule has 1 nitrogen and oxygen atoms in total. The molecule has 0 aromatic heterocycles. The molecule has 4 unspecified atom stereocenters. The second-order valence-electron chi connectivity index (χ2n) is 4.95. The Kier molecular flexibility index (Phi) is 2.73. The lowest BCUT2D eigenvalue weighted by atomic mass is 9.70. The molecule has 13 heavy (non-hydrogen) atoms. The summed E-state index contributed by atoms with van der Waals surface area (Å²) < 4.78 is 0. The van der Waals surface area contributed by atoms with Gasteiger partial charge in [0.15, 0.2) is 0 Å². The Bertz CT molecular complexity index is 195. The fourth-order valence-corrected chi connectivity index (χ4v) is 3.10. The number of hydrogen-bond donors (Lipinski definition) is 1. The monoisotopic (exact) mass is 180 g/mol. The normalized spacial score (nSPS) is 40.3. The molecule has 2 rings (SSSR count). The van der Waals surface area contributed by atoms with Crippen LogP contribution in [0, 0.1) is 17.8 Å². The molecule has 0 spiro atoms. The molecule has 0 aromatic carbocycles. The summed E-state index contributed by atoms with van der Waals surface area (Å²) in [6.07, 6.45) is 11.0. The second kappa shape index (κ2) is 3.83. The maximum absolute atomic E-state index is 9.35. The largest absolute Gasteiger partial charge is 0.393 e. The molecule has 1 heteroatoms. The van der Waals surface area contributed by atoms with Crippen LogP contribution in [0.3, 0.4) is 0 Å². The smallest absolute Gasteiger partial charge is 0.0514 e. The van der Waals surface area contributed by atoms with E-state index in [1.165, 1.54) is 25.7 Å². The molecule has 0 radical (unpaired) electrons. The highest BCUT2D eigenvalue weighted by Gasteiger charge is 2.29. The summed E-state index contributed by atoms with van der Waals surface area (Å²) in [6, 6.07) is 0. The first-order valence-electron chi connectivity index (χ1n) is 5.58. The van der Waals surface area contributed by atoms with Crippen molar-refractivity contribution in [3.05, 3.63) is 12.2 Å². The predicted octanol–water partition coefficient (Wildman–Crippen LogP) is 2.75. The number of fused-ring (bicyclic) bond motifs is 2. The predicted molar refractivity (Wildman–Crippen MR) is 54.4 cm³/mol. The molecule has 74 valence electrons. The van der Waals surface area contributed by atoms with E-state index in [1.807, 2.05) is 6.92 Å². The SMILES string of the molecule is CC(O)CC1CC2C=CCC(C2)C1. The van der Waals surface area contributed by atoms with Crippen molar-refractivity contribution in [3.63, 3.8) is 0 Å². The van der Waals surface area contributed by atoms with E-state index in [1.54, 1.807) is 0 Å². The zero-order valence-electron chi connectivity index (χ0n) is 8.45. The molecular formula is C12H20O. The van der Waals surface area contributed by atoms with Gasteiger partial charge in [0.2, 0.25) is 0 Å². The lowest BCUT2D eigenvalue weighted by Gasteiger charge is -2.36. The third-order valence-corrected chi connectivity index (χ3v) is 3.49. The zero-order valence-corrected chi connectivity index (χ0v) is 8.45. The van der Waals surface area contributed by atoms with Crippen molar-refractivity contribution in [2.45, 2.75) is 45.1 Å². The standard InChI is InChI=1S/C12H20O/c1-9(13)5-12-7-10-3-2-4-11(6-10)8-12/h2-3,9-13H,4-8H2,1H3. The van der Waals surface area contributed by atoms with E-state index in [2.05, 4.69) is 12.2 Å². The lowest BCUT2D eigenvalue weighted by molar-refractivity contribution is 0.120. The minimum absolute atomic E-state index is 0.104. The summed E-state index contributed by atoms with van der Waals surface area (Å²) in [5.41, 5.74) is 0. The minimum atomic E-state index is -0.104. The van der Waals surface area contributed by atoms with E-state index < -0.39 is 0 Å². The minimum Gasteiger partial charge on any atom is -0.393 e. The molecule has 0 saturated heterocycles. The van der Waals surface area contributed by atoms with Crippen LogP contribution in [0.5, 0.6) is 0 Å². The summed E-state index contributed by atoms with van der Waals surface area (Å²) in [5, 5.41) is 9.35. The topological polar surface area (TPSA) is 20.2 Å². The van der Waals surface area contributed by atoms with Crippen LogP contribution < -0.4 is 0 Å². The molecule has 0 heterocycles. The van der Waals surface area contributed by atoms with E-state index in [0.29, 0.717) is 0 Å². The Morgan fingerprint density at radius 2 is 2.23 bits per heavy atom. The van der Waals surface area contributed by atoms with Crippen molar-refractivity contribution >= 4 is 0 Å². The average molecular weight is 180 g/mol. The fraction of sp³-hybridized carbons (Fsp3) is 0.833. The van der Waals surface area contributed by atoms with Gasteiger partial charge >= 0.3 is 0 Å². The van der Waals surface area contributed by atoms with Crippen LogP contribution in [0.4, 0.5) is 0 Å². The molecule has 2 aliphatic rings. The molecule has 0 aromatic rings. The number of aliphatic hydroxyl groups excluding tert-OH is 1. The van der Waals surface area contributed by atoms with Gasteiger partial charge in [-0.25, -0.2) is 0 Å². The molecular weight excluding hydrogens is 160 g/mol. The Labute approximate surface area is 80.8 Å². The average Bonchev–Trinajstić information content (AvgIpc) is 2.01. The molecule has 2 aliphatic carbocycles. The number of hydrogen-bond acceptors (Lipinski definition) is 1. The number of rotatable bonds is 2. The molecule has 1 fully saturated rings. The van der Waals surface area contributed by atoms with Crippen molar-refractivity contribution < 1.29 is 5.11 Å². The van der Waals surface area contributed by atoms with Gasteiger partial charge in [-0.2, -0.15) is 0 Å². The maximum Gasteiger partial charge on any atom is 0.0514 e. The molecule has 2 bridgehead atoms. The van der Waals surface area contributed by atoms with Gasteiger partial charge in [0.05, 0.1) is 6.10 Å². The number of allylic oxidation sites excluding steroid dienone is 2. The van der Waals surface area contributed by atoms with Crippen LogP contribution in [0.1, 0.15) is 39.0 Å². The van der Waals surface area contributed by atoms with Crippen molar-refractivity contribution in [3.8, 4) is 0 Å². The Hall–Kier alpha value is -0.300. The van der Waals surface area contributed by atoms with Crippen molar-refractivity contribution in [2.75, 3.05) is 0 Å². The maximum atomic E-state index is 9.35. The van der Waals surface area contributed by atoms with Gasteiger partial charge in [-0.1, -0.05) is 12.2 Å². The quantitative estimate of drug-likeness (QED) is 0.648. The molecule has 0 aliphatic heterocycles. The summed E-state index contributed by atoms with van der Waals surface area (Å²) in [5.74, 6) is 2.54. The summed E-state index contributed by atoms with van der Waals surface area (Å²) in [6.45, 7) is 1.92. The zero-order chi connectivity index (χ0) is 9.26. The second-order valence-corrected chi connectivity index (χ2v) is 4.95. The van der Waals surface area contributed by atoms with Gasteiger partial charge < -0.3 is 5.11 Å². The molecule has 1 saturated carbocycles. The highest BCUT2D eigenvalue weighted by Crippen LogP contribution is 2.40. The van der Waals surface area contributed by atoms with Crippen molar-refractivity contribution in [1.82, 2.24) is 0 Å². The van der Waals surface area contributed by atoms with Crippen LogP contribution in [0.25, 0.3) is 0 Å². The van der Waals surface area contributed by atoms with Crippen LogP contribution in [-0.4, -0.2) is 11.2 Å². The van der Waals surface area contributed by atoms with Crippen LogP contribution in [-0.2, 0) is 0 Å². The summed E-state index contributed by atoms with van der Waals surface area (Å²) >= 11 is 0. The molecule has 0 amide bonds. The number of aliphatic hydroxyl groups is 1. The molecule has 1 N–H and O–H groups in total. The summed E-state index contributed by atoms with van der Waals surface area (Å²) in [4.78, 5) is 0. The van der Waals surface area contributed by atoms with Gasteiger partial charge in [0.1, 0.15) is 0 Å². The van der Waals surface area contributed by atoms with E-state index in [0.717, 1.165) is 24.2 Å². The summed E-state index contributed by atoms with van der Waals surface area (Å²) in [7, 11) is 0. The first-order chi connectivity index (χ1) is 6.24. The van der Waals surface area contributed by atoms with Gasteiger partial charge in [-0.15, -0.1) is 0 Å². The van der Waals surface area contributed by atoms with Crippen molar-refractivity contribution in [2.24, 2.45) is 17.8 Å². The van der Waals surface area contributed by atoms with Gasteiger partial charge in [0.25, 0.3) is 0 Å². The molecule has 4 atom stereocenters. The first kappa shape index (κ1) is 9.26. The van der Waals surface area contributed by atoms with Crippen LogP contribution >= 0.6 is 0 Å². The van der Waals surface area contributed by atoms with Gasteiger partial charge in [0, 0.05) is 0 Å². The Balaban J connectivity index is 1.92. The van der Waals surface area contributed by atoms with E-state index in [4.69, 9.17) is 0 Å². The van der Waals surface area contributed by atoms with E-state index in [9.17, 15) is 5.11 Å². The Morgan fingerprint density at radius 1 is 1.38 bits per heavy atom. The first-order valence-corrected chi connectivity index (χ1v) is 5.58. The van der Waals surface area contributed by atoms with Crippen molar-refractivity contribution in [1.29, 1.82) is 0 Å². The third kappa shape index (κ3) is 2.34. The van der Waals surface area contributed by atoms with Gasteiger partial charge in [-0.3, -0.25) is 0 Å². The Morgan fingerprint density at radius 3 is 2.92 bits per heavy atom. The third-order valence-electron chi connectivity index (χ3n) is 3.49. The van der Waals surface area contributed by atoms with E-state index in [-0.39, 0.29) is 6.10 Å². The highest BCUT2D eigenvalue weighted by molar-refractivity contribution is 5.00. The fourth-order valence-electron chi connectivity index (χ4n) is 3.10. The van der Waals surface area contributed by atoms with E-state index >= 15 is 0 Å². The highest BCUT2D eigenvalue weighted by atomic mass is 16.3. The van der Waals surface area contributed by atoms with Gasteiger partial charge in [-0.05, 0) is 56.8 Å². The van der Waals surface area contributed by atoms with Crippen LogP contribution in [0.2, 0.25) is 0 Å². The lowest BCUT2D eigenvalue weighted by Crippen LogP contribution is -2.26. The van der Waals surface area contributed by atoms with Crippen LogP contribution in [0.15, 0.2) is 12.2 Å².